The Hall–Kier alpha value is -2.65. The third-order valence-electron chi connectivity index (χ3n) is 5.05. The Bertz CT molecular complexity index is 894. The third kappa shape index (κ3) is 5.77. The summed E-state index contributed by atoms with van der Waals surface area (Å²) in [5.74, 6) is 1.29. The fourth-order valence-corrected chi connectivity index (χ4v) is 3.74. The first-order chi connectivity index (χ1) is 15.2. The van der Waals surface area contributed by atoms with Crippen LogP contribution < -0.4 is 4.74 Å². The zero-order valence-corrected chi connectivity index (χ0v) is 19.7. The number of ether oxygens (including phenoxy) is 4. The number of carbonyl (C=O) groups excluding carboxylic acids is 1. The Morgan fingerprint density at radius 2 is 2.06 bits per heavy atom. The van der Waals surface area contributed by atoms with Crippen molar-refractivity contribution in [3.8, 4) is 17.2 Å². The van der Waals surface area contributed by atoms with E-state index in [4.69, 9.17) is 23.5 Å². The topological polar surface area (TPSA) is 96.1 Å². The standard InChI is InChI=1S/C23H33N3O6/c1-7-29-15(2)30-19(17-12-10-14-26(17)22(27)31-23(3,4)5)20-24-21(32-25-20)16-11-8-9-13-18(16)28-6/h8-9,11,13,15,17,19H,7,10,12,14H2,1-6H3/t15-,17?,19?/m0/s1. The van der Waals surface area contributed by atoms with Gasteiger partial charge in [0.2, 0.25) is 5.82 Å². The molecule has 1 amide bonds. The molecule has 0 aliphatic carbocycles. The Morgan fingerprint density at radius 3 is 2.75 bits per heavy atom. The fourth-order valence-electron chi connectivity index (χ4n) is 3.74. The lowest BCUT2D eigenvalue weighted by molar-refractivity contribution is -0.174. The summed E-state index contributed by atoms with van der Waals surface area (Å²) < 4.78 is 28.4. The van der Waals surface area contributed by atoms with Gasteiger partial charge in [-0.25, -0.2) is 4.79 Å². The van der Waals surface area contributed by atoms with Gasteiger partial charge in [-0.15, -0.1) is 0 Å². The highest BCUT2D eigenvalue weighted by Gasteiger charge is 2.41. The van der Waals surface area contributed by atoms with E-state index in [0.29, 0.717) is 36.2 Å². The molecule has 0 bridgehead atoms. The van der Waals surface area contributed by atoms with Crippen LogP contribution in [0.5, 0.6) is 5.75 Å². The number of hydrogen-bond acceptors (Lipinski definition) is 8. The van der Waals surface area contributed by atoms with Crippen molar-refractivity contribution in [3.63, 3.8) is 0 Å². The third-order valence-corrected chi connectivity index (χ3v) is 5.05. The average molecular weight is 448 g/mol. The lowest BCUT2D eigenvalue weighted by atomic mass is 10.1. The highest BCUT2D eigenvalue weighted by molar-refractivity contribution is 5.69. The molecule has 0 radical (unpaired) electrons. The van der Waals surface area contributed by atoms with Gasteiger partial charge in [-0.1, -0.05) is 17.3 Å². The molecule has 2 heterocycles. The van der Waals surface area contributed by atoms with Crippen LogP contribution in [0.15, 0.2) is 28.8 Å². The monoisotopic (exact) mass is 447 g/mol. The normalized spacial score (nSPS) is 18.4. The largest absolute Gasteiger partial charge is 0.496 e. The number of aromatic nitrogens is 2. The molecule has 1 aromatic heterocycles. The smallest absolute Gasteiger partial charge is 0.410 e. The second-order valence-electron chi connectivity index (χ2n) is 8.62. The maximum absolute atomic E-state index is 12.9. The molecule has 32 heavy (non-hydrogen) atoms. The lowest BCUT2D eigenvalue weighted by Gasteiger charge is -2.32. The zero-order valence-electron chi connectivity index (χ0n) is 19.7. The van der Waals surface area contributed by atoms with E-state index >= 15 is 0 Å². The number of benzene rings is 1. The van der Waals surface area contributed by atoms with Crippen molar-refractivity contribution in [1.82, 2.24) is 15.0 Å². The van der Waals surface area contributed by atoms with Crippen molar-refractivity contribution < 1.29 is 28.3 Å². The molecule has 0 spiro atoms. The number of nitrogens with zero attached hydrogens (tertiary/aromatic N) is 3. The van der Waals surface area contributed by atoms with E-state index in [-0.39, 0.29) is 12.1 Å². The quantitative estimate of drug-likeness (QED) is 0.542. The van der Waals surface area contributed by atoms with E-state index in [1.807, 2.05) is 58.9 Å². The van der Waals surface area contributed by atoms with Gasteiger partial charge in [0.05, 0.1) is 18.7 Å². The number of para-hydroxylation sites is 1. The first-order valence-corrected chi connectivity index (χ1v) is 11.0. The van der Waals surface area contributed by atoms with E-state index in [2.05, 4.69) is 10.1 Å². The van der Waals surface area contributed by atoms with Crippen molar-refractivity contribution in [2.45, 2.75) is 71.5 Å². The minimum absolute atomic E-state index is 0.309. The van der Waals surface area contributed by atoms with Crippen LogP contribution in [0.3, 0.4) is 0 Å². The number of amides is 1. The summed E-state index contributed by atoms with van der Waals surface area (Å²) >= 11 is 0. The van der Waals surface area contributed by atoms with Gasteiger partial charge in [0.25, 0.3) is 5.89 Å². The van der Waals surface area contributed by atoms with Crippen molar-refractivity contribution in [1.29, 1.82) is 0 Å². The second kappa shape index (κ2) is 10.3. The molecule has 1 aliphatic heterocycles. The van der Waals surface area contributed by atoms with Crippen LogP contribution in [0.4, 0.5) is 4.79 Å². The molecule has 1 fully saturated rings. The number of methoxy groups -OCH3 is 1. The molecule has 1 aromatic carbocycles. The SMILES string of the molecule is CCO[C@H](C)OC(c1noc(-c2ccccc2OC)n1)C1CCCN1C(=O)OC(C)(C)C. The van der Waals surface area contributed by atoms with Crippen LogP contribution in [0.2, 0.25) is 0 Å². The van der Waals surface area contributed by atoms with E-state index < -0.39 is 18.0 Å². The first-order valence-electron chi connectivity index (χ1n) is 11.0. The Morgan fingerprint density at radius 1 is 1.31 bits per heavy atom. The summed E-state index contributed by atoms with van der Waals surface area (Å²) in [6.07, 6.45) is 0.00912. The van der Waals surface area contributed by atoms with E-state index in [1.54, 1.807) is 12.0 Å². The molecular weight excluding hydrogens is 414 g/mol. The van der Waals surface area contributed by atoms with Crippen LogP contribution in [-0.4, -0.2) is 59.3 Å². The molecule has 2 unspecified atom stereocenters. The highest BCUT2D eigenvalue weighted by atomic mass is 16.7. The van der Waals surface area contributed by atoms with Crippen LogP contribution in [0, 0.1) is 0 Å². The summed E-state index contributed by atoms with van der Waals surface area (Å²) in [4.78, 5) is 19.2. The summed E-state index contributed by atoms with van der Waals surface area (Å²) in [5, 5.41) is 4.19. The molecule has 1 aliphatic rings. The predicted molar refractivity (Wildman–Crippen MR) is 117 cm³/mol. The fraction of sp³-hybridized carbons (Fsp3) is 0.609. The lowest BCUT2D eigenvalue weighted by Crippen LogP contribution is -2.44. The van der Waals surface area contributed by atoms with Gasteiger partial charge in [-0.05, 0) is 59.6 Å². The van der Waals surface area contributed by atoms with Crippen LogP contribution in [0.25, 0.3) is 11.5 Å². The predicted octanol–water partition coefficient (Wildman–Crippen LogP) is 4.58. The zero-order chi connectivity index (χ0) is 23.3. The summed E-state index contributed by atoms with van der Waals surface area (Å²) in [7, 11) is 1.59. The van der Waals surface area contributed by atoms with Crippen molar-refractivity contribution in [2.24, 2.45) is 0 Å². The molecular formula is C23H33N3O6. The Kier molecular flexibility index (Phi) is 7.73. The minimum atomic E-state index is -0.640. The summed E-state index contributed by atoms with van der Waals surface area (Å²) in [5.41, 5.74) is 0.0864. The molecule has 0 saturated carbocycles. The molecule has 9 heteroatoms. The van der Waals surface area contributed by atoms with Crippen LogP contribution in [0.1, 0.15) is 59.4 Å². The second-order valence-corrected chi connectivity index (χ2v) is 8.62. The maximum atomic E-state index is 12.9. The number of carbonyl (C=O) groups is 1. The van der Waals surface area contributed by atoms with Gasteiger partial charge in [-0.3, -0.25) is 0 Å². The van der Waals surface area contributed by atoms with Crippen molar-refractivity contribution >= 4 is 6.09 Å². The maximum Gasteiger partial charge on any atom is 0.410 e. The van der Waals surface area contributed by atoms with Gasteiger partial charge in [0.15, 0.2) is 6.29 Å². The summed E-state index contributed by atoms with van der Waals surface area (Å²) in [6.45, 7) is 10.3. The number of likely N-dealkylation sites (tertiary alicyclic amines) is 1. The number of rotatable bonds is 8. The van der Waals surface area contributed by atoms with E-state index in [1.165, 1.54) is 0 Å². The first kappa shape index (κ1) is 24.0. The molecule has 2 aromatic rings. The van der Waals surface area contributed by atoms with Gasteiger partial charge < -0.3 is 28.4 Å². The molecule has 1 saturated heterocycles. The summed E-state index contributed by atoms with van der Waals surface area (Å²) in [6, 6.07) is 7.10. The molecule has 0 N–H and O–H groups in total. The van der Waals surface area contributed by atoms with Crippen molar-refractivity contribution in [2.75, 3.05) is 20.3 Å². The minimum Gasteiger partial charge on any atom is -0.496 e. The van der Waals surface area contributed by atoms with Gasteiger partial charge in [-0.2, -0.15) is 4.98 Å². The van der Waals surface area contributed by atoms with Gasteiger partial charge in [0.1, 0.15) is 17.5 Å². The molecule has 176 valence electrons. The number of hydrogen-bond donors (Lipinski definition) is 0. The van der Waals surface area contributed by atoms with Crippen molar-refractivity contribution in [3.05, 3.63) is 30.1 Å². The van der Waals surface area contributed by atoms with Crippen LogP contribution in [-0.2, 0) is 14.2 Å². The molecule has 3 atom stereocenters. The Labute approximate surface area is 189 Å². The molecule has 3 rings (SSSR count). The Balaban J connectivity index is 1.91. The molecule has 9 nitrogen and oxygen atoms in total. The van der Waals surface area contributed by atoms with E-state index in [9.17, 15) is 4.79 Å². The average Bonchev–Trinajstić information content (AvgIpc) is 3.41. The van der Waals surface area contributed by atoms with Crippen LogP contribution >= 0.6 is 0 Å². The van der Waals surface area contributed by atoms with E-state index in [0.717, 1.165) is 12.8 Å². The highest BCUT2D eigenvalue weighted by Crippen LogP contribution is 2.35. The van der Waals surface area contributed by atoms with Gasteiger partial charge >= 0.3 is 6.09 Å². The van der Waals surface area contributed by atoms with Gasteiger partial charge in [0, 0.05) is 13.2 Å².